The predicted molar refractivity (Wildman–Crippen MR) is 45.8 cm³/mol. The highest BCUT2D eigenvalue weighted by molar-refractivity contribution is 4.86. The molecule has 59 valence electrons. The molecule has 0 heterocycles. The summed E-state index contributed by atoms with van der Waals surface area (Å²) >= 11 is 0. The van der Waals surface area contributed by atoms with Gasteiger partial charge in [0.1, 0.15) is 0 Å². The molecule has 0 saturated heterocycles. The van der Waals surface area contributed by atoms with Crippen LogP contribution in [0.3, 0.4) is 0 Å². The van der Waals surface area contributed by atoms with Crippen molar-refractivity contribution in [2.24, 2.45) is 5.92 Å². The molecule has 1 radical (unpaired) electrons. The second-order valence-corrected chi connectivity index (χ2v) is 3.42. The fourth-order valence-corrected chi connectivity index (χ4v) is 1.50. The van der Waals surface area contributed by atoms with Crippen LogP contribution in [0.5, 0.6) is 0 Å². The minimum atomic E-state index is 1.01. The van der Waals surface area contributed by atoms with Crippen molar-refractivity contribution in [3.05, 3.63) is 6.42 Å². The average molecular weight is 139 g/mol. The maximum atomic E-state index is 2.48. The minimum absolute atomic E-state index is 1.01. The fraction of sp³-hybridized carbons (Fsp3) is 0.900. The van der Waals surface area contributed by atoms with E-state index in [0.29, 0.717) is 0 Å². The molecule has 10 heavy (non-hydrogen) atoms. The van der Waals surface area contributed by atoms with E-state index >= 15 is 0 Å². The van der Waals surface area contributed by atoms with Gasteiger partial charge in [-0.3, -0.25) is 0 Å². The summed E-state index contributed by atoms with van der Waals surface area (Å²) in [6.45, 7) is 2.27. The molecule has 0 spiro atoms. The lowest BCUT2D eigenvalue weighted by molar-refractivity contribution is 0.386. The van der Waals surface area contributed by atoms with Crippen LogP contribution in [0.4, 0.5) is 0 Å². The van der Waals surface area contributed by atoms with Crippen molar-refractivity contribution in [1.82, 2.24) is 0 Å². The SMILES string of the molecule is CCCCCCC1[CH]CC1. The Morgan fingerprint density at radius 1 is 1.30 bits per heavy atom. The number of hydrogen-bond acceptors (Lipinski definition) is 0. The van der Waals surface area contributed by atoms with Gasteiger partial charge in [-0.1, -0.05) is 39.0 Å². The van der Waals surface area contributed by atoms with E-state index in [9.17, 15) is 0 Å². The lowest BCUT2D eigenvalue weighted by Gasteiger charge is -2.24. The molecule has 1 unspecified atom stereocenters. The molecular weight excluding hydrogens is 120 g/mol. The van der Waals surface area contributed by atoms with Gasteiger partial charge in [0.25, 0.3) is 0 Å². The zero-order chi connectivity index (χ0) is 7.23. The third kappa shape index (κ3) is 2.72. The van der Waals surface area contributed by atoms with Crippen LogP contribution in [0.25, 0.3) is 0 Å². The largest absolute Gasteiger partial charge is 0.0654 e. The second-order valence-electron chi connectivity index (χ2n) is 3.42. The van der Waals surface area contributed by atoms with Gasteiger partial charge in [-0.15, -0.1) is 0 Å². The van der Waals surface area contributed by atoms with Gasteiger partial charge < -0.3 is 0 Å². The quantitative estimate of drug-likeness (QED) is 0.511. The fourth-order valence-electron chi connectivity index (χ4n) is 1.50. The molecule has 0 aliphatic heterocycles. The van der Waals surface area contributed by atoms with Gasteiger partial charge in [-0.25, -0.2) is 0 Å². The van der Waals surface area contributed by atoms with Gasteiger partial charge in [0, 0.05) is 0 Å². The highest BCUT2D eigenvalue weighted by atomic mass is 14.2. The van der Waals surface area contributed by atoms with Crippen LogP contribution >= 0.6 is 0 Å². The molecule has 0 bridgehead atoms. The first-order valence-electron chi connectivity index (χ1n) is 4.77. The Kier molecular flexibility index (Phi) is 3.86. The maximum absolute atomic E-state index is 2.48. The van der Waals surface area contributed by atoms with Crippen molar-refractivity contribution >= 4 is 0 Å². The van der Waals surface area contributed by atoms with Crippen LogP contribution in [0, 0.1) is 12.3 Å². The third-order valence-corrected chi connectivity index (χ3v) is 2.47. The van der Waals surface area contributed by atoms with Crippen LogP contribution in [0.2, 0.25) is 0 Å². The molecule has 0 aromatic carbocycles. The molecular formula is C10H19. The Morgan fingerprint density at radius 3 is 2.60 bits per heavy atom. The summed E-state index contributed by atoms with van der Waals surface area (Å²) in [5.41, 5.74) is 0. The Labute approximate surface area is 65.0 Å². The van der Waals surface area contributed by atoms with Gasteiger partial charge in [0.2, 0.25) is 0 Å². The summed E-state index contributed by atoms with van der Waals surface area (Å²) in [4.78, 5) is 0. The molecule has 0 aromatic heterocycles. The van der Waals surface area contributed by atoms with Crippen molar-refractivity contribution in [1.29, 1.82) is 0 Å². The van der Waals surface area contributed by atoms with Crippen molar-refractivity contribution in [2.75, 3.05) is 0 Å². The van der Waals surface area contributed by atoms with Crippen molar-refractivity contribution in [3.63, 3.8) is 0 Å². The first-order chi connectivity index (χ1) is 4.93. The van der Waals surface area contributed by atoms with E-state index in [1.807, 2.05) is 0 Å². The molecule has 1 atom stereocenters. The summed E-state index contributed by atoms with van der Waals surface area (Å²) < 4.78 is 0. The lowest BCUT2D eigenvalue weighted by Crippen LogP contribution is -2.11. The van der Waals surface area contributed by atoms with Crippen LogP contribution in [-0.4, -0.2) is 0 Å². The molecule has 0 amide bonds. The first-order valence-corrected chi connectivity index (χ1v) is 4.77. The summed E-state index contributed by atoms with van der Waals surface area (Å²) in [5.74, 6) is 1.01. The summed E-state index contributed by atoms with van der Waals surface area (Å²) in [7, 11) is 0. The molecule has 0 nitrogen and oxygen atoms in total. The van der Waals surface area contributed by atoms with E-state index in [0.717, 1.165) is 5.92 Å². The molecule has 1 aliphatic rings. The maximum Gasteiger partial charge on any atom is -0.0355 e. The number of rotatable bonds is 5. The highest BCUT2D eigenvalue weighted by Crippen LogP contribution is 2.29. The van der Waals surface area contributed by atoms with E-state index in [1.165, 1.54) is 44.9 Å². The summed E-state index contributed by atoms with van der Waals surface area (Å²) in [5, 5.41) is 0. The van der Waals surface area contributed by atoms with Gasteiger partial charge in [-0.2, -0.15) is 0 Å². The topological polar surface area (TPSA) is 0 Å². The minimum Gasteiger partial charge on any atom is -0.0654 e. The zero-order valence-electron chi connectivity index (χ0n) is 7.10. The monoisotopic (exact) mass is 139 g/mol. The van der Waals surface area contributed by atoms with Crippen LogP contribution in [0.15, 0.2) is 0 Å². The van der Waals surface area contributed by atoms with E-state index in [4.69, 9.17) is 0 Å². The van der Waals surface area contributed by atoms with Crippen LogP contribution in [-0.2, 0) is 0 Å². The molecule has 1 fully saturated rings. The van der Waals surface area contributed by atoms with Crippen molar-refractivity contribution < 1.29 is 0 Å². The molecule has 0 heteroatoms. The van der Waals surface area contributed by atoms with E-state index in [2.05, 4.69) is 13.3 Å². The van der Waals surface area contributed by atoms with Gasteiger partial charge in [0.05, 0.1) is 0 Å². The van der Waals surface area contributed by atoms with Crippen LogP contribution in [0.1, 0.15) is 51.9 Å². The smallest absolute Gasteiger partial charge is 0.0355 e. The summed E-state index contributed by atoms with van der Waals surface area (Å²) in [6, 6.07) is 0. The molecule has 1 rings (SSSR count). The van der Waals surface area contributed by atoms with Gasteiger partial charge in [0.15, 0.2) is 0 Å². The number of hydrogen-bond donors (Lipinski definition) is 0. The molecule has 0 N–H and O–H groups in total. The zero-order valence-corrected chi connectivity index (χ0v) is 7.10. The highest BCUT2D eigenvalue weighted by Gasteiger charge is 2.16. The van der Waals surface area contributed by atoms with Crippen molar-refractivity contribution in [3.8, 4) is 0 Å². The van der Waals surface area contributed by atoms with Crippen molar-refractivity contribution in [2.45, 2.75) is 51.9 Å². The van der Waals surface area contributed by atoms with Gasteiger partial charge >= 0.3 is 0 Å². The molecule has 1 saturated carbocycles. The Hall–Kier alpha value is 0. The standard InChI is InChI=1S/C10H19/c1-2-3-4-5-7-10-8-6-9-10/h8,10H,2-7,9H2,1H3. The van der Waals surface area contributed by atoms with Crippen LogP contribution < -0.4 is 0 Å². The number of unbranched alkanes of at least 4 members (excludes halogenated alkanes) is 3. The Balaban J connectivity index is 1.76. The first kappa shape index (κ1) is 8.10. The van der Waals surface area contributed by atoms with E-state index in [1.54, 1.807) is 0 Å². The molecule has 0 aromatic rings. The predicted octanol–water partition coefficient (Wildman–Crippen LogP) is 3.57. The molecule has 1 aliphatic carbocycles. The van der Waals surface area contributed by atoms with E-state index in [-0.39, 0.29) is 0 Å². The third-order valence-electron chi connectivity index (χ3n) is 2.47. The normalized spacial score (nSPS) is 18.9. The Morgan fingerprint density at radius 2 is 2.10 bits per heavy atom. The lowest BCUT2D eigenvalue weighted by atomic mass is 9.82. The summed E-state index contributed by atoms with van der Waals surface area (Å²) in [6.07, 6.45) is 12.5. The Bertz CT molecular complexity index is 72.1. The van der Waals surface area contributed by atoms with Gasteiger partial charge in [-0.05, 0) is 25.2 Å². The second kappa shape index (κ2) is 4.76. The average Bonchev–Trinajstić information content (AvgIpc) is 1.84. The van der Waals surface area contributed by atoms with E-state index < -0.39 is 0 Å².